The molecule has 0 amide bonds. The summed E-state index contributed by atoms with van der Waals surface area (Å²) in [5.74, 6) is 1.13. The third-order valence-corrected chi connectivity index (χ3v) is 6.64. The van der Waals surface area contributed by atoms with Crippen LogP contribution in [0.2, 0.25) is 0 Å². The van der Waals surface area contributed by atoms with Crippen molar-refractivity contribution in [2.24, 2.45) is 23.7 Å². The number of aliphatic hydroxyl groups excluding tert-OH is 1. The van der Waals surface area contributed by atoms with Gasteiger partial charge in [0.25, 0.3) is 0 Å². The van der Waals surface area contributed by atoms with Gasteiger partial charge in [-0.2, -0.15) is 0 Å². The molecule has 3 unspecified atom stereocenters. The van der Waals surface area contributed by atoms with E-state index in [2.05, 4.69) is 36.5 Å². The largest absolute Gasteiger partial charge is 0.396 e. The second-order valence-electron chi connectivity index (χ2n) is 8.64. The second-order valence-corrected chi connectivity index (χ2v) is 8.64. The van der Waals surface area contributed by atoms with Crippen molar-refractivity contribution in [1.29, 1.82) is 0 Å². The van der Waals surface area contributed by atoms with E-state index >= 15 is 0 Å². The molecule has 30 heavy (non-hydrogen) atoms. The van der Waals surface area contributed by atoms with Crippen LogP contribution in [0.4, 0.5) is 0 Å². The highest BCUT2D eigenvalue weighted by Crippen LogP contribution is 2.42. The molecule has 4 rings (SSSR count). The Labute approximate surface area is 179 Å². The standard InChI is InChI=1S/C27H31NO2/c1-19(18-29)23-15-26(27(30)21-11-6-3-7-12-21)24(20-9-4-2-5-10-20)16-25(23)22-13-8-14-28-17-22/h2-7,9-12,15-16,19,22-23,25,28-29H,8,13-14,17-18H2,1H3/t19-,22?,23?,25?/m1/s1. The van der Waals surface area contributed by atoms with Gasteiger partial charge in [0.05, 0.1) is 0 Å². The fourth-order valence-corrected chi connectivity index (χ4v) is 4.92. The van der Waals surface area contributed by atoms with Crippen molar-refractivity contribution in [2.45, 2.75) is 19.8 Å². The minimum absolute atomic E-state index is 0.0565. The predicted octanol–water partition coefficient (Wildman–Crippen LogP) is 4.75. The van der Waals surface area contributed by atoms with Gasteiger partial charge in [0.2, 0.25) is 0 Å². The highest BCUT2D eigenvalue weighted by atomic mass is 16.3. The molecule has 3 heteroatoms. The third kappa shape index (κ3) is 4.33. The van der Waals surface area contributed by atoms with Crippen molar-refractivity contribution in [2.75, 3.05) is 19.7 Å². The molecular formula is C27H31NO2. The average molecular weight is 402 g/mol. The number of nitrogens with one attached hydrogen (secondary N) is 1. The zero-order chi connectivity index (χ0) is 20.9. The highest BCUT2D eigenvalue weighted by molar-refractivity contribution is 6.19. The van der Waals surface area contributed by atoms with Crippen LogP contribution in [0.5, 0.6) is 0 Å². The number of carbonyl (C=O) groups excluding carboxylic acids is 1. The topological polar surface area (TPSA) is 49.3 Å². The van der Waals surface area contributed by atoms with E-state index in [1.165, 1.54) is 12.8 Å². The summed E-state index contributed by atoms with van der Waals surface area (Å²) in [6.07, 6.45) is 6.86. The maximum Gasteiger partial charge on any atom is 0.193 e. The molecular weight excluding hydrogens is 370 g/mol. The van der Waals surface area contributed by atoms with Gasteiger partial charge < -0.3 is 10.4 Å². The first-order valence-electron chi connectivity index (χ1n) is 11.1. The molecule has 0 saturated carbocycles. The average Bonchev–Trinajstić information content (AvgIpc) is 2.84. The van der Waals surface area contributed by atoms with Crippen LogP contribution in [0.25, 0.3) is 5.57 Å². The molecule has 0 aromatic heterocycles. The minimum Gasteiger partial charge on any atom is -0.396 e. The van der Waals surface area contributed by atoms with Crippen LogP contribution >= 0.6 is 0 Å². The summed E-state index contributed by atoms with van der Waals surface area (Å²) < 4.78 is 0. The van der Waals surface area contributed by atoms with Crippen LogP contribution in [0.3, 0.4) is 0 Å². The monoisotopic (exact) mass is 401 g/mol. The van der Waals surface area contributed by atoms with Crippen LogP contribution in [-0.2, 0) is 0 Å². The van der Waals surface area contributed by atoms with Crippen LogP contribution in [0, 0.1) is 23.7 Å². The van der Waals surface area contributed by atoms with Gasteiger partial charge in [0.15, 0.2) is 5.78 Å². The Bertz CT molecular complexity index is 910. The highest BCUT2D eigenvalue weighted by Gasteiger charge is 2.36. The van der Waals surface area contributed by atoms with Gasteiger partial charge in [-0.05, 0) is 60.7 Å². The molecule has 1 saturated heterocycles. The summed E-state index contributed by atoms with van der Waals surface area (Å²) in [6.45, 7) is 4.29. The summed E-state index contributed by atoms with van der Waals surface area (Å²) >= 11 is 0. The van der Waals surface area contributed by atoms with E-state index < -0.39 is 0 Å². The number of rotatable bonds is 6. The van der Waals surface area contributed by atoms with E-state index in [4.69, 9.17) is 0 Å². The van der Waals surface area contributed by atoms with Gasteiger partial charge in [-0.1, -0.05) is 79.7 Å². The number of carbonyl (C=O) groups is 1. The van der Waals surface area contributed by atoms with Gasteiger partial charge in [-0.15, -0.1) is 0 Å². The van der Waals surface area contributed by atoms with E-state index in [9.17, 15) is 9.90 Å². The molecule has 4 atom stereocenters. The van der Waals surface area contributed by atoms with Crippen molar-refractivity contribution >= 4 is 11.4 Å². The molecule has 0 spiro atoms. The zero-order valence-corrected chi connectivity index (χ0v) is 17.6. The maximum atomic E-state index is 13.5. The molecule has 3 nitrogen and oxygen atoms in total. The lowest BCUT2D eigenvalue weighted by Gasteiger charge is -2.39. The van der Waals surface area contributed by atoms with Gasteiger partial charge >= 0.3 is 0 Å². The van der Waals surface area contributed by atoms with E-state index in [1.807, 2.05) is 48.5 Å². The molecule has 2 aliphatic rings. The van der Waals surface area contributed by atoms with Crippen molar-refractivity contribution in [3.63, 3.8) is 0 Å². The summed E-state index contributed by atoms with van der Waals surface area (Å²) in [4.78, 5) is 13.5. The number of Topliss-reactive ketones (excluding diaryl/α,β-unsaturated/α-hetero) is 1. The van der Waals surface area contributed by atoms with E-state index in [0.717, 1.165) is 29.8 Å². The molecule has 1 aliphatic heterocycles. The van der Waals surface area contributed by atoms with Crippen molar-refractivity contribution < 1.29 is 9.90 Å². The van der Waals surface area contributed by atoms with E-state index in [0.29, 0.717) is 17.4 Å². The lowest BCUT2D eigenvalue weighted by molar-refractivity contribution is 0.103. The molecule has 0 bridgehead atoms. The van der Waals surface area contributed by atoms with Gasteiger partial charge in [-0.25, -0.2) is 0 Å². The Kier molecular flexibility index (Phi) is 6.61. The quantitative estimate of drug-likeness (QED) is 0.687. The Morgan fingerprint density at radius 3 is 2.40 bits per heavy atom. The van der Waals surface area contributed by atoms with Crippen molar-refractivity contribution in [3.8, 4) is 0 Å². The summed E-state index contributed by atoms with van der Waals surface area (Å²) in [7, 11) is 0. The van der Waals surface area contributed by atoms with Gasteiger partial charge in [-0.3, -0.25) is 4.79 Å². The van der Waals surface area contributed by atoms with Gasteiger partial charge in [0, 0.05) is 17.7 Å². The van der Waals surface area contributed by atoms with Crippen LogP contribution in [0.15, 0.2) is 78.4 Å². The molecule has 2 aromatic rings. The van der Waals surface area contributed by atoms with Crippen molar-refractivity contribution in [3.05, 3.63) is 89.5 Å². The Balaban J connectivity index is 1.80. The summed E-state index contributed by atoms with van der Waals surface area (Å²) in [5.41, 5.74) is 3.58. The third-order valence-electron chi connectivity index (χ3n) is 6.64. The van der Waals surface area contributed by atoms with Crippen LogP contribution < -0.4 is 5.32 Å². The molecule has 0 radical (unpaired) electrons. The van der Waals surface area contributed by atoms with Crippen LogP contribution in [-0.4, -0.2) is 30.6 Å². The molecule has 1 fully saturated rings. The fraction of sp³-hybridized carbons (Fsp3) is 0.370. The zero-order valence-electron chi connectivity index (χ0n) is 17.6. The molecule has 1 aliphatic carbocycles. The summed E-state index contributed by atoms with van der Waals surface area (Å²) in [6, 6.07) is 19.8. The molecule has 2 N–H and O–H groups in total. The first-order valence-corrected chi connectivity index (χ1v) is 11.1. The maximum absolute atomic E-state index is 13.5. The number of ketones is 1. The van der Waals surface area contributed by atoms with Crippen molar-refractivity contribution in [1.82, 2.24) is 5.32 Å². The second kappa shape index (κ2) is 9.55. The van der Waals surface area contributed by atoms with E-state index in [-0.39, 0.29) is 24.2 Å². The molecule has 1 heterocycles. The smallest absolute Gasteiger partial charge is 0.193 e. The fourth-order valence-electron chi connectivity index (χ4n) is 4.92. The normalized spacial score (nSPS) is 25.2. The van der Waals surface area contributed by atoms with E-state index in [1.54, 1.807) is 0 Å². The number of piperidine rings is 1. The molecule has 2 aromatic carbocycles. The lowest BCUT2D eigenvalue weighted by Crippen LogP contribution is -2.39. The number of aliphatic hydroxyl groups is 1. The number of allylic oxidation sites excluding steroid dienone is 4. The molecule has 156 valence electrons. The summed E-state index contributed by atoms with van der Waals surface area (Å²) in [5, 5.41) is 13.5. The first-order chi connectivity index (χ1) is 14.7. The Hall–Kier alpha value is -2.49. The Morgan fingerprint density at radius 1 is 1.07 bits per heavy atom. The number of benzene rings is 2. The number of hydrogen-bond acceptors (Lipinski definition) is 3. The van der Waals surface area contributed by atoms with Gasteiger partial charge in [0.1, 0.15) is 0 Å². The van der Waals surface area contributed by atoms with Crippen LogP contribution in [0.1, 0.15) is 35.7 Å². The number of hydrogen-bond donors (Lipinski definition) is 2. The predicted molar refractivity (Wildman–Crippen MR) is 122 cm³/mol. The first kappa shape index (κ1) is 20.8. The SMILES string of the molecule is C[C@H](CO)C1C=C(C(=O)c2ccccc2)C(c2ccccc2)=CC1C1CCCNC1. The minimum atomic E-state index is 0.0565. The Morgan fingerprint density at radius 2 is 1.77 bits per heavy atom. The lowest BCUT2D eigenvalue weighted by atomic mass is 9.67.